The molecule has 0 saturated carbocycles. The molecular weight excluding hydrogens is 174 g/mol. The van der Waals surface area contributed by atoms with E-state index in [-0.39, 0.29) is 24.3 Å². The number of carbonyl (C=O) groups is 1. The number of nitrogens with zero attached hydrogens (tertiary/aromatic N) is 1. The fraction of sp³-hybridized carbons (Fsp3) is 0.714. The molecule has 0 radical (unpaired) electrons. The lowest BCUT2D eigenvalue weighted by Crippen LogP contribution is -2.34. The zero-order valence-corrected chi connectivity index (χ0v) is 7.78. The molecular formula is C7H15N3O3. The Bertz CT molecular complexity index is 193. The molecule has 13 heavy (non-hydrogen) atoms. The van der Waals surface area contributed by atoms with E-state index in [0.29, 0.717) is 6.54 Å². The monoisotopic (exact) mass is 189 g/mol. The number of hydrogen-bond donors (Lipinski definition) is 3. The van der Waals surface area contributed by atoms with Crippen LogP contribution in [0.3, 0.4) is 0 Å². The molecule has 4 N–H and O–H groups in total. The minimum atomic E-state index is -0.292. The first-order valence-electron chi connectivity index (χ1n) is 3.86. The zero-order chi connectivity index (χ0) is 10.3. The van der Waals surface area contributed by atoms with Gasteiger partial charge in [0.15, 0.2) is 0 Å². The van der Waals surface area contributed by atoms with Crippen molar-refractivity contribution in [1.82, 2.24) is 5.32 Å². The first-order valence-corrected chi connectivity index (χ1v) is 3.86. The quantitative estimate of drug-likeness (QED) is 0.230. The summed E-state index contributed by atoms with van der Waals surface area (Å²) in [7, 11) is 1.56. The topological polar surface area (TPSA) is 96.9 Å². The van der Waals surface area contributed by atoms with Gasteiger partial charge in [-0.3, -0.25) is 4.79 Å². The molecule has 0 rings (SSSR count). The average Bonchev–Trinajstić information content (AvgIpc) is 2.13. The first kappa shape index (κ1) is 11.7. The SMILES string of the molecule is COC(C)CNC(=O)CC(N)=NO. The Morgan fingerprint density at radius 1 is 1.77 bits per heavy atom. The van der Waals surface area contributed by atoms with Crippen LogP contribution in [0.4, 0.5) is 0 Å². The second-order valence-electron chi connectivity index (χ2n) is 2.62. The summed E-state index contributed by atoms with van der Waals surface area (Å²) < 4.78 is 4.91. The van der Waals surface area contributed by atoms with Crippen molar-refractivity contribution >= 4 is 11.7 Å². The third kappa shape index (κ3) is 5.92. The van der Waals surface area contributed by atoms with Crippen LogP contribution in [0.15, 0.2) is 5.16 Å². The van der Waals surface area contributed by atoms with Gasteiger partial charge in [0.05, 0.1) is 12.5 Å². The highest BCUT2D eigenvalue weighted by Gasteiger charge is 2.06. The summed E-state index contributed by atoms with van der Waals surface area (Å²) in [6.45, 7) is 2.23. The summed E-state index contributed by atoms with van der Waals surface area (Å²) in [4.78, 5) is 11.0. The van der Waals surface area contributed by atoms with E-state index in [1.54, 1.807) is 7.11 Å². The van der Waals surface area contributed by atoms with E-state index in [1.165, 1.54) is 0 Å². The molecule has 0 aromatic carbocycles. The third-order valence-electron chi connectivity index (χ3n) is 1.46. The number of rotatable bonds is 5. The number of oxime groups is 1. The number of ether oxygens (including phenoxy) is 1. The molecule has 6 nitrogen and oxygen atoms in total. The van der Waals surface area contributed by atoms with Gasteiger partial charge in [0.1, 0.15) is 5.84 Å². The van der Waals surface area contributed by atoms with Crippen molar-refractivity contribution in [1.29, 1.82) is 0 Å². The Kier molecular flexibility index (Phi) is 5.62. The Labute approximate surface area is 76.7 Å². The molecule has 0 bridgehead atoms. The van der Waals surface area contributed by atoms with E-state index < -0.39 is 0 Å². The van der Waals surface area contributed by atoms with E-state index in [0.717, 1.165) is 0 Å². The van der Waals surface area contributed by atoms with Crippen molar-refractivity contribution in [2.75, 3.05) is 13.7 Å². The Balaban J connectivity index is 3.64. The third-order valence-corrected chi connectivity index (χ3v) is 1.46. The van der Waals surface area contributed by atoms with Gasteiger partial charge in [-0.1, -0.05) is 5.16 Å². The summed E-state index contributed by atoms with van der Waals surface area (Å²) >= 11 is 0. The molecule has 1 atom stereocenters. The molecule has 1 amide bonds. The highest BCUT2D eigenvalue weighted by molar-refractivity contribution is 5.98. The molecule has 0 aromatic rings. The van der Waals surface area contributed by atoms with Crippen LogP contribution in [0.25, 0.3) is 0 Å². The smallest absolute Gasteiger partial charge is 0.227 e. The highest BCUT2D eigenvalue weighted by Crippen LogP contribution is 1.85. The molecule has 1 unspecified atom stereocenters. The predicted molar refractivity (Wildman–Crippen MR) is 47.5 cm³/mol. The predicted octanol–water partition coefficient (Wildman–Crippen LogP) is -0.726. The Morgan fingerprint density at radius 3 is 2.85 bits per heavy atom. The molecule has 0 aliphatic carbocycles. The summed E-state index contributed by atoms with van der Waals surface area (Å²) in [5, 5.41) is 13.4. The number of amidine groups is 1. The van der Waals surface area contributed by atoms with Crippen LogP contribution < -0.4 is 11.1 Å². The van der Waals surface area contributed by atoms with Gasteiger partial charge in [-0.2, -0.15) is 0 Å². The lowest BCUT2D eigenvalue weighted by atomic mass is 10.3. The number of amides is 1. The number of methoxy groups -OCH3 is 1. The second-order valence-corrected chi connectivity index (χ2v) is 2.62. The molecule has 76 valence electrons. The van der Waals surface area contributed by atoms with Crippen LogP contribution in [0.5, 0.6) is 0 Å². The van der Waals surface area contributed by atoms with Crippen LogP contribution in [-0.4, -0.2) is 36.7 Å². The summed E-state index contributed by atoms with van der Waals surface area (Å²) in [6.07, 6.45) is -0.149. The molecule has 0 saturated heterocycles. The molecule has 0 heterocycles. The fourth-order valence-corrected chi connectivity index (χ4v) is 0.603. The van der Waals surface area contributed by atoms with Gasteiger partial charge in [0, 0.05) is 13.7 Å². The number of nitrogens with one attached hydrogen (secondary N) is 1. The maximum atomic E-state index is 11.0. The van der Waals surface area contributed by atoms with Gasteiger partial charge in [-0.25, -0.2) is 0 Å². The van der Waals surface area contributed by atoms with Crippen molar-refractivity contribution in [3.8, 4) is 0 Å². The van der Waals surface area contributed by atoms with E-state index in [2.05, 4.69) is 10.5 Å². The van der Waals surface area contributed by atoms with Crippen molar-refractivity contribution in [2.24, 2.45) is 10.9 Å². The van der Waals surface area contributed by atoms with Gasteiger partial charge < -0.3 is 21.0 Å². The van der Waals surface area contributed by atoms with Gasteiger partial charge in [0.2, 0.25) is 5.91 Å². The van der Waals surface area contributed by atoms with Crippen molar-refractivity contribution in [3.05, 3.63) is 0 Å². The van der Waals surface area contributed by atoms with Crippen LogP contribution in [0.1, 0.15) is 13.3 Å². The van der Waals surface area contributed by atoms with Crippen molar-refractivity contribution in [3.63, 3.8) is 0 Å². The number of carbonyl (C=O) groups excluding carboxylic acids is 1. The van der Waals surface area contributed by atoms with E-state index in [9.17, 15) is 4.79 Å². The lowest BCUT2D eigenvalue weighted by Gasteiger charge is -2.09. The minimum Gasteiger partial charge on any atom is -0.409 e. The first-order chi connectivity index (χ1) is 6.10. The number of nitrogens with two attached hydrogens (primary N) is 1. The fourth-order valence-electron chi connectivity index (χ4n) is 0.603. The standard InChI is InChI=1S/C7H15N3O3/c1-5(13-2)4-9-7(11)3-6(8)10-12/h5,12H,3-4H2,1-2H3,(H2,8,10)(H,9,11). The summed E-state index contributed by atoms with van der Waals surface area (Å²) in [5.41, 5.74) is 5.12. The lowest BCUT2D eigenvalue weighted by molar-refractivity contribution is -0.120. The van der Waals surface area contributed by atoms with E-state index in [1.807, 2.05) is 6.92 Å². The van der Waals surface area contributed by atoms with Crippen molar-refractivity contribution in [2.45, 2.75) is 19.4 Å². The maximum absolute atomic E-state index is 11.0. The van der Waals surface area contributed by atoms with E-state index in [4.69, 9.17) is 15.7 Å². The minimum absolute atomic E-state index is 0.0451. The molecule has 0 spiro atoms. The molecule has 0 aromatic heterocycles. The number of hydrogen-bond acceptors (Lipinski definition) is 4. The van der Waals surface area contributed by atoms with Gasteiger partial charge in [-0.05, 0) is 6.92 Å². The Hall–Kier alpha value is -1.30. The molecule has 0 aliphatic heterocycles. The molecule has 0 fully saturated rings. The molecule has 6 heteroatoms. The van der Waals surface area contributed by atoms with Crippen LogP contribution in [0, 0.1) is 0 Å². The largest absolute Gasteiger partial charge is 0.409 e. The maximum Gasteiger partial charge on any atom is 0.227 e. The highest BCUT2D eigenvalue weighted by atomic mass is 16.5. The van der Waals surface area contributed by atoms with Crippen LogP contribution in [0.2, 0.25) is 0 Å². The van der Waals surface area contributed by atoms with Gasteiger partial charge in [-0.15, -0.1) is 0 Å². The summed E-state index contributed by atoms with van der Waals surface area (Å²) in [6, 6.07) is 0. The van der Waals surface area contributed by atoms with Crippen LogP contribution in [-0.2, 0) is 9.53 Å². The van der Waals surface area contributed by atoms with Crippen LogP contribution >= 0.6 is 0 Å². The zero-order valence-electron chi connectivity index (χ0n) is 7.78. The Morgan fingerprint density at radius 2 is 2.38 bits per heavy atom. The average molecular weight is 189 g/mol. The van der Waals surface area contributed by atoms with Crippen molar-refractivity contribution < 1.29 is 14.7 Å². The summed E-state index contributed by atoms with van der Waals surface area (Å²) in [5.74, 6) is -0.401. The molecule has 0 aliphatic rings. The normalized spacial score (nSPS) is 13.8. The second kappa shape index (κ2) is 6.24. The van der Waals surface area contributed by atoms with Gasteiger partial charge >= 0.3 is 0 Å². The van der Waals surface area contributed by atoms with Gasteiger partial charge in [0.25, 0.3) is 0 Å². The van der Waals surface area contributed by atoms with E-state index >= 15 is 0 Å².